The smallest absolute Gasteiger partial charge is 0.146 e. The van der Waals surface area contributed by atoms with E-state index in [0.717, 1.165) is 31.5 Å². The van der Waals surface area contributed by atoms with Crippen LogP contribution in [0.4, 0.5) is 10.1 Å². The Bertz CT molecular complexity index is 388. The van der Waals surface area contributed by atoms with E-state index >= 15 is 0 Å². The van der Waals surface area contributed by atoms with Crippen molar-refractivity contribution >= 4 is 5.69 Å². The number of nitrogens with zero attached hydrogens (tertiary/aromatic N) is 1. The lowest BCUT2D eigenvalue weighted by molar-refractivity contribution is 0.612. The van der Waals surface area contributed by atoms with Crippen LogP contribution in [0, 0.1) is 5.82 Å². The average Bonchev–Trinajstić information content (AvgIpc) is 3.17. The Balaban J connectivity index is 1.94. The van der Waals surface area contributed by atoms with Crippen LogP contribution in [0.1, 0.15) is 38.2 Å². The Morgan fingerprint density at radius 3 is 2.78 bits per heavy atom. The molecule has 3 heteroatoms. The first kappa shape index (κ1) is 13.3. The molecule has 0 bridgehead atoms. The Morgan fingerprint density at radius 1 is 1.39 bits per heavy atom. The molecule has 1 saturated carbocycles. The molecule has 2 nitrogen and oxygen atoms in total. The summed E-state index contributed by atoms with van der Waals surface area (Å²) < 4.78 is 14.0. The maximum atomic E-state index is 14.0. The van der Waals surface area contributed by atoms with Crippen LogP contribution in [0.3, 0.4) is 0 Å². The zero-order valence-corrected chi connectivity index (χ0v) is 11.4. The van der Waals surface area contributed by atoms with Gasteiger partial charge in [-0.15, -0.1) is 0 Å². The van der Waals surface area contributed by atoms with E-state index in [1.807, 2.05) is 24.1 Å². The fraction of sp³-hybridized carbons (Fsp3) is 0.600. The van der Waals surface area contributed by atoms with E-state index < -0.39 is 0 Å². The van der Waals surface area contributed by atoms with E-state index in [4.69, 9.17) is 0 Å². The monoisotopic (exact) mass is 250 g/mol. The van der Waals surface area contributed by atoms with E-state index in [-0.39, 0.29) is 5.82 Å². The molecule has 2 rings (SSSR count). The molecule has 1 fully saturated rings. The summed E-state index contributed by atoms with van der Waals surface area (Å²) in [6.07, 6.45) is 4.76. The van der Waals surface area contributed by atoms with Gasteiger partial charge >= 0.3 is 0 Å². The fourth-order valence-corrected chi connectivity index (χ4v) is 2.04. The second-order valence-electron chi connectivity index (χ2n) is 5.22. The van der Waals surface area contributed by atoms with Crippen molar-refractivity contribution < 1.29 is 4.39 Å². The van der Waals surface area contributed by atoms with Gasteiger partial charge in [0, 0.05) is 26.2 Å². The van der Waals surface area contributed by atoms with Crippen molar-refractivity contribution in [3.05, 3.63) is 29.6 Å². The van der Waals surface area contributed by atoms with Crippen molar-refractivity contribution in [3.63, 3.8) is 0 Å². The molecule has 0 saturated heterocycles. The van der Waals surface area contributed by atoms with Crippen LogP contribution >= 0.6 is 0 Å². The molecule has 0 spiro atoms. The third-order valence-electron chi connectivity index (χ3n) is 3.44. The Hall–Kier alpha value is -1.09. The van der Waals surface area contributed by atoms with Gasteiger partial charge in [0.05, 0.1) is 5.69 Å². The molecule has 0 atom stereocenters. The molecule has 1 aliphatic carbocycles. The Labute approximate surface area is 109 Å². The number of hydrogen-bond donors (Lipinski definition) is 1. The van der Waals surface area contributed by atoms with Crippen LogP contribution in [0.15, 0.2) is 18.2 Å². The molecule has 0 aliphatic heterocycles. The molecule has 0 heterocycles. The highest BCUT2D eigenvalue weighted by Crippen LogP contribution is 2.22. The molecule has 0 amide bonds. The minimum atomic E-state index is -0.108. The minimum absolute atomic E-state index is 0.108. The summed E-state index contributed by atoms with van der Waals surface area (Å²) in [5, 5.41) is 3.40. The van der Waals surface area contributed by atoms with E-state index in [0.29, 0.717) is 11.7 Å². The highest BCUT2D eigenvalue weighted by atomic mass is 19.1. The van der Waals surface area contributed by atoms with Crippen LogP contribution in [0.2, 0.25) is 0 Å². The Kier molecular flexibility index (Phi) is 4.59. The number of halogens is 1. The van der Waals surface area contributed by atoms with Gasteiger partial charge in [-0.3, -0.25) is 0 Å². The van der Waals surface area contributed by atoms with Crippen LogP contribution in [0.25, 0.3) is 0 Å². The van der Waals surface area contributed by atoms with Crippen molar-refractivity contribution in [3.8, 4) is 0 Å². The summed E-state index contributed by atoms with van der Waals surface area (Å²) in [4.78, 5) is 2.00. The summed E-state index contributed by atoms with van der Waals surface area (Å²) >= 11 is 0. The molecule has 1 aromatic rings. The third kappa shape index (κ3) is 3.70. The van der Waals surface area contributed by atoms with Gasteiger partial charge in [-0.05, 0) is 37.0 Å². The number of nitrogens with one attached hydrogen (secondary N) is 1. The van der Waals surface area contributed by atoms with Gasteiger partial charge in [0.1, 0.15) is 5.82 Å². The van der Waals surface area contributed by atoms with Crippen molar-refractivity contribution in [1.29, 1.82) is 0 Å². The summed E-state index contributed by atoms with van der Waals surface area (Å²) in [6.45, 7) is 3.84. The highest BCUT2D eigenvalue weighted by Gasteiger charge is 2.20. The number of anilines is 1. The van der Waals surface area contributed by atoms with Crippen molar-refractivity contribution in [2.24, 2.45) is 0 Å². The molecule has 1 N–H and O–H groups in total. The van der Waals surface area contributed by atoms with Gasteiger partial charge in [-0.1, -0.05) is 19.4 Å². The van der Waals surface area contributed by atoms with Gasteiger partial charge in [0.25, 0.3) is 0 Å². The number of unbranched alkanes of at least 4 members (excludes halogenated alkanes) is 1. The maximum absolute atomic E-state index is 14.0. The summed E-state index contributed by atoms with van der Waals surface area (Å²) in [7, 11) is 1.95. The van der Waals surface area contributed by atoms with Crippen molar-refractivity contribution in [2.45, 2.75) is 45.2 Å². The first-order valence-electron chi connectivity index (χ1n) is 6.93. The zero-order valence-electron chi connectivity index (χ0n) is 11.4. The molecule has 0 unspecified atom stereocenters. The fourth-order valence-electron chi connectivity index (χ4n) is 2.04. The average molecular weight is 250 g/mol. The number of benzene rings is 1. The molecular formula is C15H23FN2. The van der Waals surface area contributed by atoms with Crippen LogP contribution < -0.4 is 10.2 Å². The topological polar surface area (TPSA) is 15.3 Å². The molecule has 100 valence electrons. The second kappa shape index (κ2) is 6.19. The summed E-state index contributed by atoms with van der Waals surface area (Å²) in [6, 6.07) is 6.25. The molecule has 1 aliphatic rings. The second-order valence-corrected chi connectivity index (χ2v) is 5.22. The van der Waals surface area contributed by atoms with Crippen molar-refractivity contribution in [2.75, 3.05) is 18.5 Å². The van der Waals surface area contributed by atoms with E-state index in [1.165, 1.54) is 12.8 Å². The minimum Gasteiger partial charge on any atom is -0.372 e. The van der Waals surface area contributed by atoms with E-state index in [2.05, 4.69) is 12.2 Å². The molecule has 18 heavy (non-hydrogen) atoms. The van der Waals surface area contributed by atoms with Gasteiger partial charge in [0.15, 0.2) is 0 Å². The lowest BCUT2D eigenvalue weighted by Gasteiger charge is -2.20. The van der Waals surface area contributed by atoms with Gasteiger partial charge in [-0.2, -0.15) is 0 Å². The molecule has 1 aromatic carbocycles. The highest BCUT2D eigenvalue weighted by molar-refractivity contribution is 5.48. The van der Waals surface area contributed by atoms with Gasteiger partial charge in [-0.25, -0.2) is 4.39 Å². The maximum Gasteiger partial charge on any atom is 0.146 e. The quantitative estimate of drug-likeness (QED) is 0.798. The largest absolute Gasteiger partial charge is 0.372 e. The van der Waals surface area contributed by atoms with Gasteiger partial charge in [0.2, 0.25) is 0 Å². The van der Waals surface area contributed by atoms with Crippen LogP contribution in [0.5, 0.6) is 0 Å². The normalized spacial score (nSPS) is 14.8. The van der Waals surface area contributed by atoms with E-state index in [1.54, 1.807) is 6.07 Å². The first-order chi connectivity index (χ1) is 8.70. The van der Waals surface area contributed by atoms with E-state index in [9.17, 15) is 4.39 Å². The lowest BCUT2D eigenvalue weighted by atomic mass is 10.1. The predicted molar refractivity (Wildman–Crippen MR) is 74.4 cm³/mol. The lowest BCUT2D eigenvalue weighted by Crippen LogP contribution is -2.20. The van der Waals surface area contributed by atoms with Crippen molar-refractivity contribution in [1.82, 2.24) is 5.32 Å². The Morgan fingerprint density at radius 2 is 2.17 bits per heavy atom. The first-order valence-corrected chi connectivity index (χ1v) is 6.93. The zero-order chi connectivity index (χ0) is 13.0. The molecule has 0 aromatic heterocycles. The standard InChI is InChI=1S/C15H23FN2/c1-3-4-9-18(2)15-8-5-12(10-14(15)16)11-17-13-6-7-13/h5,8,10,13,17H,3-4,6-7,9,11H2,1-2H3. The SMILES string of the molecule is CCCCN(C)c1ccc(CNC2CC2)cc1F. The molecular weight excluding hydrogens is 227 g/mol. The number of hydrogen-bond acceptors (Lipinski definition) is 2. The number of rotatable bonds is 7. The van der Waals surface area contributed by atoms with Gasteiger partial charge < -0.3 is 10.2 Å². The third-order valence-corrected chi connectivity index (χ3v) is 3.44. The van der Waals surface area contributed by atoms with Crippen LogP contribution in [-0.2, 0) is 6.54 Å². The molecule has 0 radical (unpaired) electrons. The predicted octanol–water partition coefficient (Wildman–Crippen LogP) is 3.31. The summed E-state index contributed by atoms with van der Waals surface area (Å²) in [5.74, 6) is -0.108. The summed E-state index contributed by atoms with van der Waals surface area (Å²) in [5.41, 5.74) is 1.74. The van der Waals surface area contributed by atoms with Crippen LogP contribution in [-0.4, -0.2) is 19.6 Å².